The van der Waals surface area contributed by atoms with Gasteiger partial charge in [-0.1, -0.05) is 12.1 Å². The van der Waals surface area contributed by atoms with Gasteiger partial charge < -0.3 is 4.74 Å². The Morgan fingerprint density at radius 2 is 2.18 bits per heavy atom. The number of esters is 1. The van der Waals surface area contributed by atoms with Crippen molar-refractivity contribution < 1.29 is 9.53 Å². The Morgan fingerprint density at radius 1 is 1.55 bits per heavy atom. The molecular formula is C7H13NO3. The number of ether oxygens (including phenoxy) is 1. The number of carbonyl (C=O) groups is 1. The molecule has 0 aliphatic heterocycles. The predicted octanol–water partition coefficient (Wildman–Crippen LogP) is 1.48. The molecular weight excluding hydrogens is 146 g/mol. The first-order valence-electron chi connectivity index (χ1n) is 3.72. The fourth-order valence-electron chi connectivity index (χ4n) is 0.668. The zero-order valence-corrected chi connectivity index (χ0v) is 6.87. The molecule has 0 N–H and O–H groups in total. The van der Waals surface area contributed by atoms with E-state index < -0.39 is 6.04 Å². The fourth-order valence-corrected chi connectivity index (χ4v) is 0.668. The number of carbonyl (C=O) groups excluding carboxylic acids is 1. The van der Waals surface area contributed by atoms with Crippen molar-refractivity contribution in [2.24, 2.45) is 5.18 Å². The van der Waals surface area contributed by atoms with E-state index in [-0.39, 0.29) is 12.4 Å². The largest absolute Gasteiger partial charge is 0.466 e. The lowest BCUT2D eigenvalue weighted by Gasteiger charge is -2.04. The van der Waals surface area contributed by atoms with E-state index in [2.05, 4.69) is 9.91 Å². The standard InChI is InChI=1S/C7H13NO3/c1-3-6(8-10)5-7(9)11-4-2/h6H,3-5H2,1-2H3. The molecule has 0 amide bonds. The Hall–Kier alpha value is -0.930. The van der Waals surface area contributed by atoms with Crippen LogP contribution in [0.1, 0.15) is 26.7 Å². The third kappa shape index (κ3) is 4.47. The summed E-state index contributed by atoms with van der Waals surface area (Å²) in [5.74, 6) is -0.348. The number of hydrogen-bond donors (Lipinski definition) is 0. The maximum Gasteiger partial charge on any atom is 0.308 e. The van der Waals surface area contributed by atoms with Crippen LogP contribution < -0.4 is 0 Å². The summed E-state index contributed by atoms with van der Waals surface area (Å²) in [4.78, 5) is 20.8. The van der Waals surface area contributed by atoms with Crippen molar-refractivity contribution in [1.82, 2.24) is 0 Å². The Balaban J connectivity index is 3.62. The van der Waals surface area contributed by atoms with Gasteiger partial charge in [-0.15, -0.1) is 0 Å². The summed E-state index contributed by atoms with van der Waals surface area (Å²) in [6.45, 7) is 3.90. The van der Waals surface area contributed by atoms with Crippen LogP contribution in [-0.2, 0) is 9.53 Å². The molecule has 0 aromatic rings. The maximum absolute atomic E-state index is 10.8. The van der Waals surface area contributed by atoms with E-state index in [4.69, 9.17) is 0 Å². The minimum atomic E-state index is -0.422. The molecule has 0 saturated heterocycles. The molecule has 64 valence electrons. The third-order valence-corrected chi connectivity index (χ3v) is 1.33. The predicted molar refractivity (Wildman–Crippen MR) is 41.1 cm³/mol. The lowest BCUT2D eigenvalue weighted by Crippen LogP contribution is -2.12. The van der Waals surface area contributed by atoms with Gasteiger partial charge in [0, 0.05) is 0 Å². The van der Waals surface area contributed by atoms with E-state index in [1.165, 1.54) is 0 Å². The molecule has 0 fully saturated rings. The van der Waals surface area contributed by atoms with Crippen molar-refractivity contribution in [3.05, 3.63) is 4.91 Å². The summed E-state index contributed by atoms with van der Waals surface area (Å²) < 4.78 is 4.64. The van der Waals surface area contributed by atoms with Crippen molar-refractivity contribution >= 4 is 5.97 Å². The molecule has 0 saturated carbocycles. The zero-order valence-electron chi connectivity index (χ0n) is 6.87. The molecule has 4 heteroatoms. The molecule has 4 nitrogen and oxygen atoms in total. The molecule has 1 unspecified atom stereocenters. The summed E-state index contributed by atoms with van der Waals surface area (Å²) in [6, 6.07) is -0.422. The Kier molecular flexibility index (Phi) is 5.33. The maximum atomic E-state index is 10.8. The number of hydrogen-bond acceptors (Lipinski definition) is 4. The van der Waals surface area contributed by atoms with E-state index in [0.717, 1.165) is 0 Å². The summed E-state index contributed by atoms with van der Waals surface area (Å²) in [5.41, 5.74) is 0. The first-order chi connectivity index (χ1) is 5.24. The van der Waals surface area contributed by atoms with Crippen LogP contribution in [0, 0.1) is 4.91 Å². The van der Waals surface area contributed by atoms with Gasteiger partial charge >= 0.3 is 5.97 Å². The monoisotopic (exact) mass is 159 g/mol. The SMILES string of the molecule is CCOC(=O)CC(CC)N=O. The molecule has 0 rings (SSSR count). The molecule has 0 bridgehead atoms. The number of nitrogens with zero attached hydrogens (tertiary/aromatic N) is 1. The van der Waals surface area contributed by atoms with Crippen molar-refractivity contribution in [3.63, 3.8) is 0 Å². The smallest absolute Gasteiger partial charge is 0.308 e. The van der Waals surface area contributed by atoms with Crippen LogP contribution >= 0.6 is 0 Å². The van der Waals surface area contributed by atoms with Crippen LogP contribution in [0.4, 0.5) is 0 Å². The Morgan fingerprint density at radius 3 is 2.55 bits per heavy atom. The zero-order chi connectivity index (χ0) is 8.69. The van der Waals surface area contributed by atoms with Gasteiger partial charge in [-0.25, -0.2) is 0 Å². The van der Waals surface area contributed by atoms with Gasteiger partial charge in [0.25, 0.3) is 0 Å². The van der Waals surface area contributed by atoms with Crippen LogP contribution in [0.25, 0.3) is 0 Å². The first kappa shape index (κ1) is 10.1. The normalized spacial score (nSPS) is 12.2. The first-order valence-corrected chi connectivity index (χ1v) is 3.72. The van der Waals surface area contributed by atoms with Crippen molar-refractivity contribution in [1.29, 1.82) is 0 Å². The second-order valence-corrected chi connectivity index (χ2v) is 2.18. The average Bonchev–Trinajstić information content (AvgIpc) is 2.01. The van der Waals surface area contributed by atoms with Crippen LogP contribution in [0.15, 0.2) is 5.18 Å². The lowest BCUT2D eigenvalue weighted by molar-refractivity contribution is -0.143. The summed E-state index contributed by atoms with van der Waals surface area (Å²) in [6.07, 6.45) is 0.691. The second kappa shape index (κ2) is 5.82. The van der Waals surface area contributed by atoms with Gasteiger partial charge in [0.1, 0.15) is 6.04 Å². The molecule has 0 spiro atoms. The second-order valence-electron chi connectivity index (χ2n) is 2.18. The highest BCUT2D eigenvalue weighted by Gasteiger charge is 2.12. The van der Waals surface area contributed by atoms with Crippen LogP contribution in [0.3, 0.4) is 0 Å². The lowest BCUT2D eigenvalue weighted by atomic mass is 10.2. The molecule has 0 heterocycles. The molecule has 0 aromatic heterocycles. The Bertz CT molecular complexity index is 136. The number of rotatable bonds is 5. The highest BCUT2D eigenvalue weighted by molar-refractivity contribution is 5.70. The molecule has 0 aliphatic rings. The van der Waals surface area contributed by atoms with Gasteiger partial charge in [-0.2, -0.15) is 4.91 Å². The fraction of sp³-hybridized carbons (Fsp3) is 0.857. The van der Waals surface area contributed by atoms with Gasteiger partial charge in [0.2, 0.25) is 0 Å². The highest BCUT2D eigenvalue weighted by Crippen LogP contribution is 2.03. The van der Waals surface area contributed by atoms with Crippen LogP contribution in [0.2, 0.25) is 0 Å². The minimum absolute atomic E-state index is 0.105. The highest BCUT2D eigenvalue weighted by atomic mass is 16.5. The summed E-state index contributed by atoms with van der Waals surface area (Å²) >= 11 is 0. The minimum Gasteiger partial charge on any atom is -0.466 e. The molecule has 0 aliphatic carbocycles. The Labute approximate surface area is 65.9 Å². The molecule has 0 aromatic carbocycles. The van der Waals surface area contributed by atoms with E-state index in [0.29, 0.717) is 13.0 Å². The van der Waals surface area contributed by atoms with E-state index in [9.17, 15) is 9.70 Å². The third-order valence-electron chi connectivity index (χ3n) is 1.33. The van der Waals surface area contributed by atoms with Gasteiger partial charge in [-0.05, 0) is 13.3 Å². The van der Waals surface area contributed by atoms with Crippen LogP contribution in [0.5, 0.6) is 0 Å². The van der Waals surface area contributed by atoms with Gasteiger partial charge in [-0.3, -0.25) is 4.79 Å². The summed E-state index contributed by atoms with van der Waals surface area (Å²) in [5, 5.41) is 2.78. The molecule has 1 atom stereocenters. The van der Waals surface area contributed by atoms with Gasteiger partial charge in [0.15, 0.2) is 0 Å². The van der Waals surface area contributed by atoms with E-state index in [1.807, 2.05) is 6.92 Å². The van der Waals surface area contributed by atoms with Crippen LogP contribution in [-0.4, -0.2) is 18.6 Å². The van der Waals surface area contributed by atoms with E-state index in [1.54, 1.807) is 6.92 Å². The van der Waals surface area contributed by atoms with Crippen molar-refractivity contribution in [2.75, 3.05) is 6.61 Å². The molecule has 11 heavy (non-hydrogen) atoms. The number of nitroso groups, excluding NO2 is 1. The van der Waals surface area contributed by atoms with E-state index >= 15 is 0 Å². The van der Waals surface area contributed by atoms with Crippen molar-refractivity contribution in [3.8, 4) is 0 Å². The summed E-state index contributed by atoms with van der Waals surface area (Å²) in [7, 11) is 0. The van der Waals surface area contributed by atoms with Gasteiger partial charge in [0.05, 0.1) is 13.0 Å². The molecule has 0 radical (unpaired) electrons. The average molecular weight is 159 g/mol. The quantitative estimate of drug-likeness (QED) is 0.451. The van der Waals surface area contributed by atoms with Crippen molar-refractivity contribution in [2.45, 2.75) is 32.7 Å². The topological polar surface area (TPSA) is 55.7 Å².